The standard InChI is InChI=1S/C9H9BrF3NO/c10-8-4-6(1-2-15-14)3-7(5-8)9(11,12)13/h3-5H,1-2,14H2. The summed E-state index contributed by atoms with van der Waals surface area (Å²) in [6.45, 7) is 0.188. The summed E-state index contributed by atoms with van der Waals surface area (Å²) in [5.41, 5.74) is -0.147. The number of alkyl halides is 3. The van der Waals surface area contributed by atoms with Gasteiger partial charge in [0.1, 0.15) is 0 Å². The summed E-state index contributed by atoms with van der Waals surface area (Å²) in [4.78, 5) is 4.31. The lowest BCUT2D eigenvalue weighted by molar-refractivity contribution is -0.137. The minimum atomic E-state index is -4.33. The molecule has 0 saturated carbocycles. The quantitative estimate of drug-likeness (QED) is 0.866. The SMILES string of the molecule is NOCCc1cc(Br)cc(C(F)(F)F)c1. The van der Waals surface area contributed by atoms with Crippen LogP contribution in [0.4, 0.5) is 13.2 Å². The van der Waals surface area contributed by atoms with Gasteiger partial charge in [0.25, 0.3) is 0 Å². The highest BCUT2D eigenvalue weighted by Gasteiger charge is 2.30. The monoisotopic (exact) mass is 283 g/mol. The number of halogens is 4. The maximum Gasteiger partial charge on any atom is 0.416 e. The Morgan fingerprint density at radius 3 is 2.47 bits per heavy atom. The average Bonchev–Trinajstić information content (AvgIpc) is 2.12. The fraction of sp³-hybridized carbons (Fsp3) is 0.333. The van der Waals surface area contributed by atoms with Crippen molar-refractivity contribution < 1.29 is 18.0 Å². The second-order valence-electron chi connectivity index (χ2n) is 2.97. The summed E-state index contributed by atoms with van der Waals surface area (Å²) in [7, 11) is 0. The molecule has 0 spiro atoms. The molecule has 1 aromatic rings. The molecule has 6 heteroatoms. The Labute approximate surface area is 93.3 Å². The fourth-order valence-corrected chi connectivity index (χ4v) is 1.68. The van der Waals surface area contributed by atoms with Crippen LogP contribution in [-0.4, -0.2) is 6.61 Å². The third-order valence-electron chi connectivity index (χ3n) is 1.79. The van der Waals surface area contributed by atoms with E-state index in [4.69, 9.17) is 5.90 Å². The Hall–Kier alpha value is -0.590. The molecule has 0 heterocycles. The van der Waals surface area contributed by atoms with Gasteiger partial charge in [0, 0.05) is 4.47 Å². The van der Waals surface area contributed by atoms with E-state index in [9.17, 15) is 13.2 Å². The van der Waals surface area contributed by atoms with Crippen LogP contribution < -0.4 is 5.90 Å². The summed E-state index contributed by atoms with van der Waals surface area (Å²) < 4.78 is 37.6. The van der Waals surface area contributed by atoms with Crippen molar-refractivity contribution in [3.63, 3.8) is 0 Å². The first-order chi connectivity index (χ1) is 6.93. The molecule has 0 unspecified atom stereocenters. The topological polar surface area (TPSA) is 35.2 Å². The maximum atomic E-state index is 12.4. The van der Waals surface area contributed by atoms with E-state index in [1.54, 1.807) is 6.07 Å². The van der Waals surface area contributed by atoms with E-state index in [0.717, 1.165) is 12.1 Å². The number of hydrogen-bond donors (Lipinski definition) is 1. The lowest BCUT2D eigenvalue weighted by Gasteiger charge is -2.09. The lowest BCUT2D eigenvalue weighted by Crippen LogP contribution is -2.08. The largest absolute Gasteiger partial charge is 0.416 e. The van der Waals surface area contributed by atoms with E-state index in [0.29, 0.717) is 16.5 Å². The molecule has 2 nitrogen and oxygen atoms in total. The molecule has 0 amide bonds. The summed E-state index contributed by atoms with van der Waals surface area (Å²) in [6.07, 6.45) is -3.98. The van der Waals surface area contributed by atoms with Gasteiger partial charge in [-0.2, -0.15) is 13.2 Å². The average molecular weight is 284 g/mol. The molecule has 0 radical (unpaired) electrons. The van der Waals surface area contributed by atoms with Crippen LogP contribution in [-0.2, 0) is 17.4 Å². The van der Waals surface area contributed by atoms with Crippen LogP contribution in [0, 0.1) is 0 Å². The molecule has 0 aromatic heterocycles. The molecule has 0 aliphatic rings. The summed E-state index contributed by atoms with van der Waals surface area (Å²) in [5, 5.41) is 0. The third kappa shape index (κ3) is 3.81. The van der Waals surface area contributed by atoms with Gasteiger partial charge in [-0.25, -0.2) is 5.90 Å². The Morgan fingerprint density at radius 1 is 1.27 bits per heavy atom. The van der Waals surface area contributed by atoms with Gasteiger partial charge in [-0.05, 0) is 30.2 Å². The van der Waals surface area contributed by atoms with E-state index >= 15 is 0 Å². The second-order valence-corrected chi connectivity index (χ2v) is 3.88. The predicted octanol–water partition coefficient (Wildman–Crippen LogP) is 2.90. The van der Waals surface area contributed by atoms with Crippen molar-refractivity contribution in [3.8, 4) is 0 Å². The van der Waals surface area contributed by atoms with Crippen LogP contribution in [0.2, 0.25) is 0 Å². The van der Waals surface area contributed by atoms with Crippen LogP contribution in [0.15, 0.2) is 22.7 Å². The summed E-state index contributed by atoms with van der Waals surface area (Å²) in [5.74, 6) is 4.80. The fourth-order valence-electron chi connectivity index (χ4n) is 1.14. The Balaban J connectivity index is 2.95. The van der Waals surface area contributed by atoms with Gasteiger partial charge >= 0.3 is 6.18 Å². The van der Waals surface area contributed by atoms with Crippen LogP contribution in [0.3, 0.4) is 0 Å². The van der Waals surface area contributed by atoms with Crippen LogP contribution in [0.5, 0.6) is 0 Å². The van der Waals surface area contributed by atoms with Gasteiger partial charge in [-0.1, -0.05) is 15.9 Å². The van der Waals surface area contributed by atoms with Gasteiger partial charge in [-0.3, -0.25) is 0 Å². The molecule has 0 aliphatic heterocycles. The second kappa shape index (κ2) is 4.96. The highest BCUT2D eigenvalue weighted by atomic mass is 79.9. The normalized spacial score (nSPS) is 11.8. The number of benzene rings is 1. The van der Waals surface area contributed by atoms with Crippen molar-refractivity contribution in [1.29, 1.82) is 0 Å². The first-order valence-corrected chi connectivity index (χ1v) is 4.91. The first kappa shape index (κ1) is 12.5. The Morgan fingerprint density at radius 2 is 1.93 bits per heavy atom. The highest BCUT2D eigenvalue weighted by molar-refractivity contribution is 9.10. The number of hydrogen-bond acceptors (Lipinski definition) is 2. The van der Waals surface area contributed by atoms with Gasteiger partial charge in [0.05, 0.1) is 12.2 Å². The van der Waals surface area contributed by atoms with Gasteiger partial charge in [0.15, 0.2) is 0 Å². The highest BCUT2D eigenvalue weighted by Crippen LogP contribution is 2.32. The van der Waals surface area contributed by atoms with Crippen molar-refractivity contribution in [2.75, 3.05) is 6.61 Å². The molecular weight excluding hydrogens is 275 g/mol. The molecule has 15 heavy (non-hydrogen) atoms. The van der Waals surface area contributed by atoms with E-state index in [1.807, 2.05) is 0 Å². The predicted molar refractivity (Wildman–Crippen MR) is 53.0 cm³/mol. The van der Waals surface area contributed by atoms with E-state index in [1.165, 1.54) is 0 Å². The van der Waals surface area contributed by atoms with Crippen molar-refractivity contribution in [1.82, 2.24) is 0 Å². The van der Waals surface area contributed by atoms with Gasteiger partial charge < -0.3 is 4.84 Å². The Bertz CT molecular complexity index is 341. The van der Waals surface area contributed by atoms with Crippen molar-refractivity contribution in [2.24, 2.45) is 5.90 Å². The molecule has 84 valence electrons. The molecule has 0 bridgehead atoms. The zero-order valence-electron chi connectivity index (χ0n) is 7.64. The minimum Gasteiger partial charge on any atom is -0.304 e. The van der Waals surface area contributed by atoms with Crippen LogP contribution >= 0.6 is 15.9 Å². The van der Waals surface area contributed by atoms with E-state index in [2.05, 4.69) is 20.8 Å². The van der Waals surface area contributed by atoms with E-state index < -0.39 is 11.7 Å². The molecule has 0 saturated heterocycles. The first-order valence-electron chi connectivity index (χ1n) is 4.12. The van der Waals surface area contributed by atoms with Crippen LogP contribution in [0.25, 0.3) is 0 Å². The van der Waals surface area contributed by atoms with E-state index in [-0.39, 0.29) is 6.61 Å². The molecule has 2 N–H and O–H groups in total. The summed E-state index contributed by atoms with van der Waals surface area (Å²) in [6, 6.07) is 3.73. The van der Waals surface area contributed by atoms with Crippen molar-refractivity contribution >= 4 is 15.9 Å². The molecule has 0 fully saturated rings. The smallest absolute Gasteiger partial charge is 0.304 e. The van der Waals surface area contributed by atoms with Gasteiger partial charge in [0.2, 0.25) is 0 Å². The van der Waals surface area contributed by atoms with Crippen LogP contribution in [0.1, 0.15) is 11.1 Å². The zero-order valence-corrected chi connectivity index (χ0v) is 9.23. The minimum absolute atomic E-state index is 0.188. The zero-order chi connectivity index (χ0) is 11.5. The maximum absolute atomic E-state index is 12.4. The molecule has 0 aliphatic carbocycles. The molecular formula is C9H9BrF3NO. The molecule has 0 atom stereocenters. The van der Waals surface area contributed by atoms with Gasteiger partial charge in [-0.15, -0.1) is 0 Å². The molecule has 1 aromatic carbocycles. The summed E-state index contributed by atoms with van der Waals surface area (Å²) >= 11 is 3.03. The Kier molecular flexibility index (Phi) is 4.12. The lowest BCUT2D eigenvalue weighted by atomic mass is 10.1. The number of rotatable bonds is 3. The third-order valence-corrected chi connectivity index (χ3v) is 2.25. The number of nitrogens with two attached hydrogens (primary N) is 1. The molecule has 1 rings (SSSR count). The van der Waals surface area contributed by atoms with Crippen molar-refractivity contribution in [2.45, 2.75) is 12.6 Å². The van der Waals surface area contributed by atoms with Crippen molar-refractivity contribution in [3.05, 3.63) is 33.8 Å².